The average molecular weight is 723 g/mol. The fraction of sp³-hybridized carbons (Fsp3) is 0.722. The molecule has 0 bridgehead atoms. The molecule has 51 heavy (non-hydrogen) atoms. The highest BCUT2D eigenvalue weighted by Gasteiger charge is 2.70. The van der Waals surface area contributed by atoms with Crippen molar-refractivity contribution in [2.24, 2.45) is 34.5 Å². The van der Waals surface area contributed by atoms with Gasteiger partial charge < -0.3 is 54.0 Å². The standard InChI is InChI=1S/C36H50O15/c1-15(2)26(39)32(44)50-20-11-22(38)48-13-18-24-29(42)28(41)23(17-8-9-47-12-17)36(24,7)31(51-33(45)27(40)16(3)4)30(43)25(18)35(20,6)19-10-21(37)49-14-34(19,5)46/h8-9,12,15-16,19-20,23,25-31,39-43,46H,10-11,13-14H2,1-7H3/t19-,20+,23+,25+,26+,27+,28+,29-,30+,31-,34+,35+,36-/m0/s1. The van der Waals surface area contributed by atoms with Gasteiger partial charge in [-0.05, 0) is 41.5 Å². The molecule has 2 saturated heterocycles. The minimum atomic E-state index is -1.85. The van der Waals surface area contributed by atoms with Gasteiger partial charge in [0.05, 0.1) is 43.2 Å². The van der Waals surface area contributed by atoms with Gasteiger partial charge in [0.2, 0.25) is 0 Å². The van der Waals surface area contributed by atoms with Gasteiger partial charge in [-0.2, -0.15) is 0 Å². The van der Waals surface area contributed by atoms with Crippen LogP contribution in [0.4, 0.5) is 0 Å². The lowest BCUT2D eigenvalue weighted by atomic mass is 9.49. The molecule has 0 radical (unpaired) electrons. The molecule has 1 aromatic heterocycles. The van der Waals surface area contributed by atoms with Crippen LogP contribution in [0.15, 0.2) is 34.2 Å². The number of fused-ring (bicyclic) bond motifs is 2. The van der Waals surface area contributed by atoms with Crippen molar-refractivity contribution in [2.45, 2.75) is 116 Å². The Labute approximate surface area is 295 Å². The first-order valence-corrected chi connectivity index (χ1v) is 17.3. The van der Waals surface area contributed by atoms with Crippen molar-refractivity contribution >= 4 is 23.9 Å². The second kappa shape index (κ2) is 13.9. The molecule has 0 unspecified atom stereocenters. The highest BCUT2D eigenvalue weighted by molar-refractivity contribution is 5.77. The summed E-state index contributed by atoms with van der Waals surface area (Å²) in [4.78, 5) is 53.4. The van der Waals surface area contributed by atoms with Crippen LogP contribution < -0.4 is 0 Å². The van der Waals surface area contributed by atoms with Crippen LogP contribution in [0, 0.1) is 34.5 Å². The molecule has 3 fully saturated rings. The average Bonchev–Trinajstić information content (AvgIpc) is 3.64. The molecule has 4 aliphatic rings. The van der Waals surface area contributed by atoms with Crippen molar-refractivity contribution in [3.05, 3.63) is 35.3 Å². The van der Waals surface area contributed by atoms with Crippen LogP contribution in [0.2, 0.25) is 0 Å². The largest absolute Gasteiger partial charge is 0.472 e. The summed E-state index contributed by atoms with van der Waals surface area (Å²) in [5.74, 6) is -8.74. The van der Waals surface area contributed by atoms with E-state index in [4.69, 9.17) is 23.4 Å². The third-order valence-electron chi connectivity index (χ3n) is 11.8. The molecule has 15 heteroatoms. The molecule has 3 heterocycles. The summed E-state index contributed by atoms with van der Waals surface area (Å²) < 4.78 is 28.1. The Hall–Kier alpha value is -3.34. The normalized spacial score (nSPS) is 39.7. The van der Waals surface area contributed by atoms with Gasteiger partial charge in [-0.1, -0.05) is 41.5 Å². The molecular weight excluding hydrogens is 672 g/mol. The van der Waals surface area contributed by atoms with Crippen LogP contribution in [0.3, 0.4) is 0 Å². The van der Waals surface area contributed by atoms with Gasteiger partial charge in [0, 0.05) is 28.6 Å². The predicted octanol–water partition coefficient (Wildman–Crippen LogP) is 0.517. The van der Waals surface area contributed by atoms with E-state index in [-0.39, 0.29) is 11.1 Å². The zero-order chi connectivity index (χ0) is 38.0. The maximum atomic E-state index is 13.6. The molecule has 15 nitrogen and oxygen atoms in total. The Morgan fingerprint density at radius 1 is 0.863 bits per heavy atom. The van der Waals surface area contributed by atoms with Gasteiger partial charge in [-0.15, -0.1) is 0 Å². The molecule has 0 amide bonds. The highest BCUT2D eigenvalue weighted by Crippen LogP contribution is 2.65. The summed E-state index contributed by atoms with van der Waals surface area (Å²) >= 11 is 0. The lowest BCUT2D eigenvalue weighted by Gasteiger charge is -2.59. The van der Waals surface area contributed by atoms with Crippen molar-refractivity contribution < 1.29 is 73.2 Å². The van der Waals surface area contributed by atoms with E-state index < -0.39 is 139 Å². The molecular formula is C36H50O15. The minimum absolute atomic E-state index is 0.0552. The number of rotatable bonds is 8. The molecule has 1 aromatic rings. The SMILES string of the molecule is CC(C)[C@@H](O)C(=O)O[C@H]1[C@H](O)[C@H]2C(=C3[C@H](O)[C@H](O)[C@@H](c4ccoc4)[C@@]31C)COC(=O)C[C@@H](OC(=O)[C@H](O)C(C)C)[C@@]2(C)[C@H]1CC(=O)OC[C@@]1(C)O. The number of aliphatic hydroxyl groups excluding tert-OH is 5. The number of cyclic esters (lactones) is 2. The summed E-state index contributed by atoms with van der Waals surface area (Å²) in [5, 5.41) is 69.7. The Morgan fingerprint density at radius 2 is 1.45 bits per heavy atom. The zero-order valence-electron chi connectivity index (χ0n) is 29.8. The van der Waals surface area contributed by atoms with E-state index in [1.807, 2.05) is 0 Å². The monoisotopic (exact) mass is 722 g/mol. The summed E-state index contributed by atoms with van der Waals surface area (Å²) in [6.07, 6.45) is -10.0. The van der Waals surface area contributed by atoms with Crippen molar-refractivity contribution in [2.75, 3.05) is 13.2 Å². The van der Waals surface area contributed by atoms with Crippen molar-refractivity contribution in [3.8, 4) is 0 Å². The van der Waals surface area contributed by atoms with Crippen molar-refractivity contribution in [1.29, 1.82) is 0 Å². The first-order chi connectivity index (χ1) is 23.7. The van der Waals surface area contributed by atoms with Crippen LogP contribution in [-0.2, 0) is 38.1 Å². The number of hydrogen-bond acceptors (Lipinski definition) is 15. The smallest absolute Gasteiger partial charge is 0.335 e. The first kappa shape index (κ1) is 38.9. The zero-order valence-corrected chi connectivity index (χ0v) is 29.8. The second-order valence-electron chi connectivity index (χ2n) is 15.8. The molecule has 2 aliphatic carbocycles. The number of furan rings is 1. The Kier molecular flexibility index (Phi) is 10.6. The third-order valence-corrected chi connectivity index (χ3v) is 11.8. The van der Waals surface area contributed by atoms with Crippen LogP contribution in [-0.4, -0.2) is 116 Å². The number of hydrogen-bond donors (Lipinski definition) is 6. The lowest BCUT2D eigenvalue weighted by molar-refractivity contribution is -0.228. The second-order valence-corrected chi connectivity index (χ2v) is 15.8. The number of carbonyl (C=O) groups excluding carboxylic acids is 4. The lowest BCUT2D eigenvalue weighted by Crippen LogP contribution is -2.66. The van der Waals surface area contributed by atoms with Crippen molar-refractivity contribution in [3.63, 3.8) is 0 Å². The van der Waals surface area contributed by atoms with Gasteiger partial charge in [0.15, 0.2) is 12.2 Å². The highest BCUT2D eigenvalue weighted by atomic mass is 16.6. The van der Waals surface area contributed by atoms with E-state index in [0.717, 1.165) is 0 Å². The molecule has 1 saturated carbocycles. The maximum absolute atomic E-state index is 13.6. The quantitative estimate of drug-likeness (QED) is 0.122. The number of ether oxygens (including phenoxy) is 4. The van der Waals surface area contributed by atoms with E-state index in [1.54, 1.807) is 40.7 Å². The Balaban J connectivity index is 1.83. The molecule has 6 N–H and O–H groups in total. The van der Waals surface area contributed by atoms with Crippen LogP contribution >= 0.6 is 0 Å². The fourth-order valence-corrected chi connectivity index (χ4v) is 9.07. The number of esters is 4. The molecule has 0 aromatic carbocycles. The summed E-state index contributed by atoms with van der Waals surface area (Å²) in [5.41, 5.74) is -4.78. The van der Waals surface area contributed by atoms with Crippen molar-refractivity contribution in [1.82, 2.24) is 0 Å². The maximum Gasteiger partial charge on any atom is 0.335 e. The fourth-order valence-electron chi connectivity index (χ4n) is 9.07. The molecule has 13 atom stereocenters. The minimum Gasteiger partial charge on any atom is -0.472 e. The summed E-state index contributed by atoms with van der Waals surface area (Å²) in [7, 11) is 0. The van der Waals surface area contributed by atoms with Gasteiger partial charge in [0.1, 0.15) is 31.5 Å². The van der Waals surface area contributed by atoms with E-state index in [2.05, 4.69) is 0 Å². The van der Waals surface area contributed by atoms with E-state index in [1.165, 1.54) is 26.4 Å². The van der Waals surface area contributed by atoms with Crippen LogP contribution in [0.25, 0.3) is 0 Å². The summed E-state index contributed by atoms with van der Waals surface area (Å²) in [6.45, 7) is 9.74. The Bertz CT molecular complexity index is 1530. The van der Waals surface area contributed by atoms with Gasteiger partial charge in [-0.25, -0.2) is 9.59 Å². The third kappa shape index (κ3) is 6.39. The molecule has 284 valence electrons. The van der Waals surface area contributed by atoms with Gasteiger partial charge in [0.25, 0.3) is 0 Å². The topological polar surface area (TPSA) is 240 Å². The molecule has 2 aliphatic heterocycles. The predicted molar refractivity (Wildman–Crippen MR) is 173 cm³/mol. The number of carbonyl (C=O) groups is 4. The summed E-state index contributed by atoms with van der Waals surface area (Å²) in [6, 6.07) is 1.54. The van der Waals surface area contributed by atoms with E-state index >= 15 is 0 Å². The molecule has 5 rings (SSSR count). The first-order valence-electron chi connectivity index (χ1n) is 17.3. The van der Waals surface area contributed by atoms with E-state index in [0.29, 0.717) is 5.56 Å². The molecule has 0 spiro atoms. The van der Waals surface area contributed by atoms with Crippen LogP contribution in [0.1, 0.15) is 72.8 Å². The number of aliphatic hydroxyl groups is 6. The van der Waals surface area contributed by atoms with E-state index in [9.17, 15) is 49.8 Å². The van der Waals surface area contributed by atoms with Gasteiger partial charge >= 0.3 is 23.9 Å². The van der Waals surface area contributed by atoms with Gasteiger partial charge in [-0.3, -0.25) is 9.59 Å². The Morgan fingerprint density at radius 3 is 2.02 bits per heavy atom. The van der Waals surface area contributed by atoms with Crippen LogP contribution in [0.5, 0.6) is 0 Å².